The summed E-state index contributed by atoms with van der Waals surface area (Å²) in [5.41, 5.74) is 9.67. The molecule has 4 heteroatoms. The van der Waals surface area contributed by atoms with Crippen LogP contribution < -0.4 is 0 Å². The Hall–Kier alpha value is -4.25. The Bertz CT molecular complexity index is 1620. The molecule has 1 saturated heterocycles. The van der Waals surface area contributed by atoms with Gasteiger partial charge in [-0.3, -0.25) is 4.21 Å². The maximum atomic E-state index is 15.6. The topological polar surface area (TPSA) is 64.7 Å². The third-order valence-corrected chi connectivity index (χ3v) is 11.3. The van der Waals surface area contributed by atoms with Gasteiger partial charge in [-0.15, -0.1) is 0 Å². The van der Waals surface area contributed by atoms with Gasteiger partial charge in [0.05, 0.1) is 34.8 Å². The quantitative estimate of drug-likeness (QED) is 0.268. The lowest BCUT2D eigenvalue weighted by molar-refractivity contribution is 0.417. The van der Waals surface area contributed by atoms with Crippen LogP contribution >= 0.6 is 0 Å². The fourth-order valence-electron chi connectivity index (χ4n) is 6.77. The Labute approximate surface area is 238 Å². The first-order valence-electron chi connectivity index (χ1n) is 13.5. The zero-order valence-corrected chi connectivity index (χ0v) is 23.9. The molecule has 196 valence electrons. The van der Waals surface area contributed by atoms with Crippen molar-refractivity contribution in [1.82, 2.24) is 0 Å². The van der Waals surface area contributed by atoms with Gasteiger partial charge in [0.25, 0.3) is 0 Å². The Kier molecular flexibility index (Phi) is 6.14. The normalized spacial score (nSPS) is 26.9. The first kappa shape index (κ1) is 26.0. The summed E-state index contributed by atoms with van der Waals surface area (Å²) < 4.78 is 13.2. The highest BCUT2D eigenvalue weighted by atomic mass is 32.2. The maximum absolute atomic E-state index is 15.6. The standard InChI is InChI=1S/C36H30N2OS/c1-23-5-13-27(14-6-23)33-34(28-15-7-24(2)8-16-28)36(30-19-11-26(4)12-20-30)32(22-38)31(21-37)35(33,40(36)39)29-17-9-25(3)10-18-29/h5-20,31-32H,1-4H3/t31-,32-,35?,36?,40?/m0/s1. The summed E-state index contributed by atoms with van der Waals surface area (Å²) in [6, 6.07) is 37.7. The summed E-state index contributed by atoms with van der Waals surface area (Å²) in [4.78, 5) is 0. The smallest absolute Gasteiger partial charge is 0.115 e. The number of aryl methyl sites for hydroxylation is 4. The summed E-state index contributed by atoms with van der Waals surface area (Å²) in [5.74, 6) is -1.62. The number of fused-ring (bicyclic) bond motifs is 2. The Balaban J connectivity index is 1.86. The maximum Gasteiger partial charge on any atom is 0.115 e. The lowest BCUT2D eigenvalue weighted by Crippen LogP contribution is -2.38. The van der Waals surface area contributed by atoms with E-state index in [4.69, 9.17) is 0 Å². The monoisotopic (exact) mass is 538 g/mol. The summed E-state index contributed by atoms with van der Waals surface area (Å²) in [6.45, 7) is 8.13. The molecule has 0 aliphatic carbocycles. The summed E-state index contributed by atoms with van der Waals surface area (Å²) >= 11 is 0. The van der Waals surface area contributed by atoms with Crippen LogP contribution in [-0.2, 0) is 20.3 Å². The largest absolute Gasteiger partial charge is 0.257 e. The zero-order valence-electron chi connectivity index (χ0n) is 23.1. The van der Waals surface area contributed by atoms with Crippen LogP contribution in [0.15, 0.2) is 97.1 Å². The molecule has 40 heavy (non-hydrogen) atoms. The van der Waals surface area contributed by atoms with Gasteiger partial charge in [0, 0.05) is 0 Å². The lowest BCUT2D eigenvalue weighted by Gasteiger charge is -2.38. The molecule has 4 aromatic carbocycles. The summed E-state index contributed by atoms with van der Waals surface area (Å²) in [5, 5.41) is 21.7. The second-order valence-corrected chi connectivity index (χ2v) is 13.0. The van der Waals surface area contributed by atoms with E-state index in [0.29, 0.717) is 0 Å². The third-order valence-electron chi connectivity index (χ3n) is 8.71. The molecule has 0 aromatic heterocycles. The van der Waals surface area contributed by atoms with Gasteiger partial charge in [0.15, 0.2) is 0 Å². The van der Waals surface area contributed by atoms with Gasteiger partial charge in [-0.25, -0.2) is 0 Å². The van der Waals surface area contributed by atoms with Crippen molar-refractivity contribution >= 4 is 21.9 Å². The van der Waals surface area contributed by atoms with Crippen LogP contribution in [0, 0.1) is 62.2 Å². The molecule has 0 saturated carbocycles. The van der Waals surface area contributed by atoms with Gasteiger partial charge < -0.3 is 0 Å². The van der Waals surface area contributed by atoms with Crippen LogP contribution in [0.2, 0.25) is 0 Å². The van der Waals surface area contributed by atoms with Crippen molar-refractivity contribution in [2.24, 2.45) is 11.8 Å². The summed E-state index contributed by atoms with van der Waals surface area (Å²) in [7, 11) is -1.68. The fourth-order valence-corrected chi connectivity index (χ4v) is 9.63. The SMILES string of the molecule is Cc1ccc(C2=C(c3ccc(C)cc3)C3(c4ccc(C)cc4)[C@@H](C#N)[C@H](C#N)C2(c2ccc(C)cc2)S3=O)cc1. The second-order valence-electron chi connectivity index (χ2n) is 11.2. The molecule has 1 fully saturated rings. The molecule has 2 unspecified atom stereocenters. The highest BCUT2D eigenvalue weighted by molar-refractivity contribution is 7.89. The van der Waals surface area contributed by atoms with Crippen LogP contribution in [0.25, 0.3) is 11.1 Å². The van der Waals surface area contributed by atoms with Crippen molar-refractivity contribution in [3.8, 4) is 12.1 Å². The molecule has 6 rings (SSSR count). The average molecular weight is 539 g/mol. The highest BCUT2D eigenvalue weighted by Gasteiger charge is 2.77. The van der Waals surface area contributed by atoms with E-state index in [9.17, 15) is 10.5 Å². The Morgan fingerprint density at radius 3 is 1.07 bits per heavy atom. The van der Waals surface area contributed by atoms with E-state index >= 15 is 4.21 Å². The predicted molar refractivity (Wildman–Crippen MR) is 161 cm³/mol. The van der Waals surface area contributed by atoms with Crippen molar-refractivity contribution in [2.75, 3.05) is 0 Å². The molecule has 2 heterocycles. The van der Waals surface area contributed by atoms with Crippen LogP contribution in [0.4, 0.5) is 0 Å². The molecular formula is C36H30N2OS. The average Bonchev–Trinajstić information content (AvgIpc) is 3.33. The van der Waals surface area contributed by atoms with E-state index in [2.05, 4.69) is 60.7 Å². The number of nitriles is 2. The first-order chi connectivity index (χ1) is 19.3. The Morgan fingerprint density at radius 1 is 0.525 bits per heavy atom. The van der Waals surface area contributed by atoms with Crippen molar-refractivity contribution in [3.05, 3.63) is 142 Å². The number of hydrogen-bond acceptors (Lipinski definition) is 3. The van der Waals surface area contributed by atoms with Crippen LogP contribution in [0.1, 0.15) is 44.5 Å². The van der Waals surface area contributed by atoms with Gasteiger partial charge in [0.2, 0.25) is 0 Å². The Morgan fingerprint density at radius 2 is 0.800 bits per heavy atom. The number of hydrogen-bond donors (Lipinski definition) is 0. The molecule has 2 aliphatic heterocycles. The zero-order chi connectivity index (χ0) is 28.2. The van der Waals surface area contributed by atoms with E-state index in [1.807, 2.05) is 76.2 Å². The molecule has 2 bridgehead atoms. The van der Waals surface area contributed by atoms with Gasteiger partial charge >= 0.3 is 0 Å². The van der Waals surface area contributed by atoms with Gasteiger partial charge in [-0.05, 0) is 61.1 Å². The van der Waals surface area contributed by atoms with Crippen LogP contribution in [-0.4, -0.2) is 4.21 Å². The van der Waals surface area contributed by atoms with E-state index in [-0.39, 0.29) is 0 Å². The van der Waals surface area contributed by atoms with E-state index < -0.39 is 32.1 Å². The van der Waals surface area contributed by atoms with Crippen molar-refractivity contribution in [1.29, 1.82) is 10.5 Å². The van der Waals surface area contributed by atoms with Gasteiger partial charge in [-0.2, -0.15) is 10.5 Å². The molecular weight excluding hydrogens is 508 g/mol. The molecule has 4 atom stereocenters. The molecule has 0 amide bonds. The van der Waals surface area contributed by atoms with Gasteiger partial charge in [-0.1, -0.05) is 119 Å². The van der Waals surface area contributed by atoms with E-state index in [1.54, 1.807) is 0 Å². The third kappa shape index (κ3) is 3.36. The van der Waals surface area contributed by atoms with Crippen molar-refractivity contribution in [2.45, 2.75) is 37.2 Å². The molecule has 0 spiro atoms. The van der Waals surface area contributed by atoms with E-state index in [0.717, 1.165) is 55.7 Å². The minimum Gasteiger partial charge on any atom is -0.257 e. The first-order valence-corrected chi connectivity index (χ1v) is 14.7. The van der Waals surface area contributed by atoms with Crippen molar-refractivity contribution in [3.63, 3.8) is 0 Å². The molecule has 2 aliphatic rings. The minimum absolute atomic E-state index is 0.812. The van der Waals surface area contributed by atoms with Crippen LogP contribution in [0.5, 0.6) is 0 Å². The van der Waals surface area contributed by atoms with E-state index in [1.165, 1.54) is 0 Å². The molecule has 3 nitrogen and oxygen atoms in total. The molecule has 0 radical (unpaired) electrons. The fraction of sp³-hybridized carbons (Fsp3) is 0.222. The van der Waals surface area contributed by atoms with Crippen molar-refractivity contribution < 1.29 is 4.21 Å². The number of benzene rings is 4. The second kappa shape index (κ2) is 9.44. The molecule has 0 N–H and O–H groups in total. The summed E-state index contributed by atoms with van der Waals surface area (Å²) in [6.07, 6.45) is 0. The number of rotatable bonds is 4. The van der Waals surface area contributed by atoms with Gasteiger partial charge in [0.1, 0.15) is 9.49 Å². The number of nitrogens with zero attached hydrogens (tertiary/aromatic N) is 2. The lowest BCUT2D eigenvalue weighted by atomic mass is 9.59. The predicted octanol–water partition coefficient (Wildman–Crippen LogP) is 7.68. The van der Waals surface area contributed by atoms with Crippen LogP contribution in [0.3, 0.4) is 0 Å². The minimum atomic E-state index is -1.68. The highest BCUT2D eigenvalue weighted by Crippen LogP contribution is 2.74. The molecule has 4 aromatic rings.